The first-order valence-electron chi connectivity index (χ1n) is 9.36. The quantitative estimate of drug-likeness (QED) is 0.841. The molecule has 1 saturated carbocycles. The number of nitrogens with zero attached hydrogens (tertiary/aromatic N) is 2. The molecule has 2 rings (SSSR count). The molecule has 0 bridgehead atoms. The summed E-state index contributed by atoms with van der Waals surface area (Å²) in [5, 5.41) is 3.87. The minimum Gasteiger partial charge on any atom is -0.312 e. The van der Waals surface area contributed by atoms with Crippen LogP contribution in [0.5, 0.6) is 0 Å². The molecule has 1 aliphatic heterocycles. The standard InChI is InChI=1S/C18H37N3/c1-4-13-19-17-11-7-5-6-8-12-18(17)21(3)16-10-9-14-20(2)15-16/h16-19H,4-15H2,1-3H3. The molecule has 0 spiro atoms. The molecule has 3 nitrogen and oxygen atoms in total. The van der Waals surface area contributed by atoms with Crippen LogP contribution in [-0.4, -0.2) is 61.7 Å². The lowest BCUT2D eigenvalue weighted by Gasteiger charge is -2.44. The predicted octanol–water partition coefficient (Wildman–Crippen LogP) is 3.10. The first-order valence-corrected chi connectivity index (χ1v) is 9.36. The van der Waals surface area contributed by atoms with Crippen molar-refractivity contribution in [2.75, 3.05) is 33.7 Å². The summed E-state index contributed by atoms with van der Waals surface area (Å²) in [6, 6.07) is 2.22. The Morgan fingerprint density at radius 3 is 2.52 bits per heavy atom. The normalized spacial score (nSPS) is 32.9. The fourth-order valence-corrected chi connectivity index (χ4v) is 4.26. The topological polar surface area (TPSA) is 18.5 Å². The van der Waals surface area contributed by atoms with Crippen LogP contribution in [-0.2, 0) is 0 Å². The van der Waals surface area contributed by atoms with Gasteiger partial charge >= 0.3 is 0 Å². The number of piperidine rings is 1. The summed E-state index contributed by atoms with van der Waals surface area (Å²) in [6.07, 6.45) is 12.5. The number of likely N-dealkylation sites (tertiary alicyclic amines) is 1. The van der Waals surface area contributed by atoms with Crippen molar-refractivity contribution >= 4 is 0 Å². The van der Waals surface area contributed by atoms with Crippen molar-refractivity contribution in [3.8, 4) is 0 Å². The first-order chi connectivity index (χ1) is 10.2. The maximum atomic E-state index is 3.87. The second-order valence-electron chi connectivity index (χ2n) is 7.34. The van der Waals surface area contributed by atoms with Crippen molar-refractivity contribution in [1.29, 1.82) is 0 Å². The average Bonchev–Trinajstić information content (AvgIpc) is 2.46. The van der Waals surface area contributed by atoms with E-state index in [4.69, 9.17) is 0 Å². The van der Waals surface area contributed by atoms with Gasteiger partial charge in [-0.2, -0.15) is 0 Å². The summed E-state index contributed by atoms with van der Waals surface area (Å²) in [4.78, 5) is 5.26. The lowest BCUT2D eigenvalue weighted by Crippen LogP contribution is -2.55. The van der Waals surface area contributed by atoms with Crippen molar-refractivity contribution in [3.63, 3.8) is 0 Å². The highest BCUT2D eigenvalue weighted by molar-refractivity contribution is 4.89. The second-order valence-corrected chi connectivity index (χ2v) is 7.34. The van der Waals surface area contributed by atoms with Crippen molar-refractivity contribution in [1.82, 2.24) is 15.1 Å². The number of hydrogen-bond acceptors (Lipinski definition) is 3. The van der Waals surface area contributed by atoms with Gasteiger partial charge in [0.2, 0.25) is 0 Å². The molecule has 124 valence electrons. The van der Waals surface area contributed by atoms with E-state index in [1.165, 1.54) is 77.4 Å². The molecule has 0 aromatic rings. The Bertz CT molecular complexity index is 280. The van der Waals surface area contributed by atoms with Gasteiger partial charge in [0.1, 0.15) is 0 Å². The van der Waals surface area contributed by atoms with E-state index in [-0.39, 0.29) is 0 Å². The van der Waals surface area contributed by atoms with Crippen LogP contribution < -0.4 is 5.32 Å². The van der Waals surface area contributed by atoms with Crippen molar-refractivity contribution in [2.24, 2.45) is 0 Å². The monoisotopic (exact) mass is 295 g/mol. The second kappa shape index (κ2) is 9.12. The third-order valence-corrected chi connectivity index (χ3v) is 5.58. The number of rotatable bonds is 5. The molecule has 3 heteroatoms. The van der Waals surface area contributed by atoms with E-state index >= 15 is 0 Å². The summed E-state index contributed by atoms with van der Waals surface area (Å²) in [5.41, 5.74) is 0. The van der Waals surface area contributed by atoms with Crippen LogP contribution in [0.25, 0.3) is 0 Å². The minimum absolute atomic E-state index is 0.711. The van der Waals surface area contributed by atoms with Crippen molar-refractivity contribution in [3.05, 3.63) is 0 Å². The van der Waals surface area contributed by atoms with Gasteiger partial charge < -0.3 is 10.2 Å². The van der Waals surface area contributed by atoms with Crippen LogP contribution in [0.3, 0.4) is 0 Å². The Balaban J connectivity index is 1.98. The maximum absolute atomic E-state index is 3.87. The summed E-state index contributed by atoms with van der Waals surface area (Å²) < 4.78 is 0. The van der Waals surface area contributed by atoms with Gasteiger partial charge in [-0.05, 0) is 59.3 Å². The highest BCUT2D eigenvalue weighted by Crippen LogP contribution is 2.25. The molecule has 0 aromatic heterocycles. The number of likely N-dealkylation sites (N-methyl/N-ethyl adjacent to an activating group) is 2. The van der Waals surface area contributed by atoms with E-state index < -0.39 is 0 Å². The molecule has 3 unspecified atom stereocenters. The fraction of sp³-hybridized carbons (Fsp3) is 1.00. The molecular weight excluding hydrogens is 258 g/mol. The molecule has 0 amide bonds. The molecule has 1 heterocycles. The third-order valence-electron chi connectivity index (χ3n) is 5.58. The van der Waals surface area contributed by atoms with E-state index in [0.717, 1.165) is 12.1 Å². The Morgan fingerprint density at radius 2 is 1.81 bits per heavy atom. The van der Waals surface area contributed by atoms with Gasteiger partial charge in [0, 0.05) is 24.7 Å². The van der Waals surface area contributed by atoms with Crippen LogP contribution in [0.1, 0.15) is 64.7 Å². The van der Waals surface area contributed by atoms with Gasteiger partial charge in [-0.25, -0.2) is 0 Å². The highest BCUT2D eigenvalue weighted by atomic mass is 15.2. The predicted molar refractivity (Wildman–Crippen MR) is 91.9 cm³/mol. The van der Waals surface area contributed by atoms with E-state index in [9.17, 15) is 0 Å². The van der Waals surface area contributed by atoms with Gasteiger partial charge in [0.25, 0.3) is 0 Å². The maximum Gasteiger partial charge on any atom is 0.0249 e. The van der Waals surface area contributed by atoms with Crippen LogP contribution >= 0.6 is 0 Å². The summed E-state index contributed by atoms with van der Waals surface area (Å²) in [5.74, 6) is 0. The van der Waals surface area contributed by atoms with E-state index in [2.05, 4.69) is 36.1 Å². The molecule has 0 aromatic carbocycles. The van der Waals surface area contributed by atoms with E-state index in [0.29, 0.717) is 6.04 Å². The van der Waals surface area contributed by atoms with Crippen molar-refractivity contribution < 1.29 is 0 Å². The lowest BCUT2D eigenvalue weighted by molar-refractivity contribution is 0.0699. The molecular formula is C18H37N3. The van der Waals surface area contributed by atoms with E-state index in [1.54, 1.807) is 0 Å². The van der Waals surface area contributed by atoms with Crippen LogP contribution in [0.2, 0.25) is 0 Å². The zero-order valence-corrected chi connectivity index (χ0v) is 14.6. The Morgan fingerprint density at radius 1 is 1.05 bits per heavy atom. The largest absolute Gasteiger partial charge is 0.312 e. The van der Waals surface area contributed by atoms with Crippen molar-refractivity contribution in [2.45, 2.75) is 82.8 Å². The Kier molecular flexibility index (Phi) is 7.48. The molecule has 0 radical (unpaired) electrons. The average molecular weight is 296 g/mol. The third kappa shape index (κ3) is 5.22. The molecule has 1 N–H and O–H groups in total. The molecule has 2 fully saturated rings. The summed E-state index contributed by atoms with van der Waals surface area (Å²) in [6.45, 7) is 6.00. The Labute approximate surface area is 132 Å². The summed E-state index contributed by atoms with van der Waals surface area (Å²) >= 11 is 0. The number of hydrogen-bond donors (Lipinski definition) is 1. The molecule has 3 atom stereocenters. The zero-order chi connectivity index (χ0) is 15.1. The number of nitrogens with one attached hydrogen (secondary N) is 1. The summed E-state index contributed by atoms with van der Waals surface area (Å²) in [7, 11) is 4.68. The fourth-order valence-electron chi connectivity index (χ4n) is 4.26. The Hall–Kier alpha value is -0.120. The molecule has 21 heavy (non-hydrogen) atoms. The van der Waals surface area contributed by atoms with Crippen LogP contribution in [0.15, 0.2) is 0 Å². The smallest absolute Gasteiger partial charge is 0.0249 e. The highest BCUT2D eigenvalue weighted by Gasteiger charge is 2.31. The molecule has 1 saturated heterocycles. The van der Waals surface area contributed by atoms with Crippen LogP contribution in [0.4, 0.5) is 0 Å². The van der Waals surface area contributed by atoms with Gasteiger partial charge in [0.05, 0.1) is 0 Å². The van der Waals surface area contributed by atoms with Gasteiger partial charge in [-0.3, -0.25) is 4.90 Å². The zero-order valence-electron chi connectivity index (χ0n) is 14.6. The van der Waals surface area contributed by atoms with Gasteiger partial charge in [-0.15, -0.1) is 0 Å². The first kappa shape index (κ1) is 17.2. The molecule has 1 aliphatic carbocycles. The molecule has 2 aliphatic rings. The van der Waals surface area contributed by atoms with Gasteiger partial charge in [0.15, 0.2) is 0 Å². The van der Waals surface area contributed by atoms with E-state index in [1.807, 2.05) is 0 Å². The lowest BCUT2D eigenvalue weighted by atomic mass is 9.89. The SMILES string of the molecule is CCCNC1CCCCCCC1N(C)C1CCCN(C)C1. The van der Waals surface area contributed by atoms with Gasteiger partial charge in [-0.1, -0.05) is 32.6 Å². The van der Waals surface area contributed by atoms with Crippen LogP contribution in [0, 0.1) is 0 Å². The minimum atomic E-state index is 0.711.